The number of hydrogen-bond acceptors (Lipinski definition) is 3. The summed E-state index contributed by atoms with van der Waals surface area (Å²) in [6.07, 6.45) is 1.66. The van der Waals surface area contributed by atoms with E-state index >= 15 is 0 Å². The molecule has 0 radical (unpaired) electrons. The van der Waals surface area contributed by atoms with Crippen LogP contribution in [0.25, 0.3) is 0 Å². The van der Waals surface area contributed by atoms with Crippen LogP contribution in [0.5, 0.6) is 5.75 Å². The number of hydrogen-bond donors (Lipinski definition) is 1. The van der Waals surface area contributed by atoms with Gasteiger partial charge in [-0.15, -0.1) is 6.58 Å². The Labute approximate surface area is 170 Å². The molecule has 0 aliphatic carbocycles. The summed E-state index contributed by atoms with van der Waals surface area (Å²) in [6, 6.07) is 25.9. The van der Waals surface area contributed by atoms with Gasteiger partial charge in [-0.25, -0.2) is 0 Å². The monoisotopic (exact) mass is 385 g/mol. The number of methoxy groups -OCH3 is 1. The minimum absolute atomic E-state index is 0.342. The normalized spacial score (nSPS) is 21.9. The highest BCUT2D eigenvalue weighted by Crippen LogP contribution is 2.53. The smallest absolute Gasteiger partial charge is 0.263 e. The first-order chi connectivity index (χ1) is 14.1. The fourth-order valence-corrected chi connectivity index (χ4v) is 4.14. The zero-order chi connectivity index (χ0) is 20.4. The van der Waals surface area contributed by atoms with E-state index in [2.05, 4.69) is 6.58 Å². The molecule has 3 aromatic carbocycles. The number of aliphatic hydroxyl groups is 1. The predicted molar refractivity (Wildman–Crippen MR) is 114 cm³/mol. The van der Waals surface area contributed by atoms with Gasteiger partial charge in [-0.3, -0.25) is 9.69 Å². The van der Waals surface area contributed by atoms with Crippen LogP contribution >= 0.6 is 0 Å². The van der Waals surface area contributed by atoms with Crippen LogP contribution in [-0.2, 0) is 4.79 Å². The molecule has 0 aromatic heterocycles. The van der Waals surface area contributed by atoms with Crippen LogP contribution in [0.15, 0.2) is 97.6 Å². The van der Waals surface area contributed by atoms with E-state index in [9.17, 15) is 9.90 Å². The van der Waals surface area contributed by atoms with Crippen LogP contribution in [0.4, 0.5) is 5.69 Å². The molecule has 4 heteroatoms. The highest BCUT2D eigenvalue weighted by molar-refractivity contribution is 6.09. The largest absolute Gasteiger partial charge is 0.497 e. The highest BCUT2D eigenvalue weighted by Gasteiger charge is 2.64. The fourth-order valence-electron chi connectivity index (χ4n) is 4.14. The highest BCUT2D eigenvalue weighted by atomic mass is 16.5. The van der Waals surface area contributed by atoms with Gasteiger partial charge in [-0.05, 0) is 35.4 Å². The lowest BCUT2D eigenvalue weighted by Gasteiger charge is -2.55. The number of nitrogens with zero attached hydrogens (tertiary/aromatic N) is 1. The molecule has 4 rings (SSSR count). The molecule has 0 unspecified atom stereocenters. The molecular weight excluding hydrogens is 362 g/mol. The molecule has 0 spiro atoms. The van der Waals surface area contributed by atoms with E-state index in [0.717, 1.165) is 11.1 Å². The van der Waals surface area contributed by atoms with Crippen molar-refractivity contribution in [2.24, 2.45) is 0 Å². The Bertz CT molecular complexity index is 1000. The lowest BCUT2D eigenvalue weighted by atomic mass is 9.67. The van der Waals surface area contributed by atoms with E-state index in [4.69, 9.17) is 4.74 Å². The first kappa shape index (κ1) is 19.0. The molecular formula is C25H23NO3. The average Bonchev–Trinajstić information content (AvgIpc) is 2.78. The van der Waals surface area contributed by atoms with Crippen molar-refractivity contribution in [1.29, 1.82) is 0 Å². The molecule has 1 N–H and O–H groups in total. The van der Waals surface area contributed by atoms with Gasteiger partial charge in [0.25, 0.3) is 5.91 Å². The SMILES string of the molecule is C=C[C@@H](c1ccccc1)[C@@]1(O)C(=O)N(c2ccc(OC)cc2)[C@@H]1c1ccccc1. The molecule has 0 bridgehead atoms. The number of anilines is 1. The van der Waals surface area contributed by atoms with Gasteiger partial charge in [0.05, 0.1) is 7.11 Å². The molecule has 29 heavy (non-hydrogen) atoms. The Morgan fingerprint density at radius 3 is 2.14 bits per heavy atom. The Hall–Kier alpha value is -3.37. The predicted octanol–water partition coefficient (Wildman–Crippen LogP) is 4.48. The molecule has 4 nitrogen and oxygen atoms in total. The van der Waals surface area contributed by atoms with Crippen molar-refractivity contribution in [2.45, 2.75) is 17.6 Å². The van der Waals surface area contributed by atoms with E-state index in [0.29, 0.717) is 11.4 Å². The molecule has 1 amide bonds. The van der Waals surface area contributed by atoms with Gasteiger partial charge in [0.15, 0.2) is 5.60 Å². The second kappa shape index (κ2) is 7.57. The number of β-lactam (4-membered cyclic amide) rings is 1. The first-order valence-corrected chi connectivity index (χ1v) is 9.53. The summed E-state index contributed by atoms with van der Waals surface area (Å²) in [4.78, 5) is 15.0. The van der Waals surface area contributed by atoms with Gasteiger partial charge in [-0.2, -0.15) is 0 Å². The fraction of sp³-hybridized carbons (Fsp3) is 0.160. The summed E-state index contributed by atoms with van der Waals surface area (Å²) in [5.74, 6) is -0.164. The van der Waals surface area contributed by atoms with Crippen LogP contribution in [-0.4, -0.2) is 23.7 Å². The Kier molecular flexibility index (Phi) is 4.95. The standard InChI is InChI=1S/C25H23NO3/c1-3-22(18-10-6-4-7-11-18)25(28)23(19-12-8-5-9-13-19)26(24(25)27)20-14-16-21(29-2)17-15-20/h3-17,22-23,28H,1H2,2H3/t22-,23+,25-/m0/s1. The van der Waals surface area contributed by atoms with E-state index in [-0.39, 0.29) is 5.91 Å². The Morgan fingerprint density at radius 2 is 1.59 bits per heavy atom. The molecule has 146 valence electrons. The molecule has 3 aromatic rings. The zero-order valence-electron chi connectivity index (χ0n) is 16.2. The van der Waals surface area contributed by atoms with Gasteiger partial charge in [0.2, 0.25) is 0 Å². The average molecular weight is 385 g/mol. The number of carbonyl (C=O) groups is 1. The molecule has 3 atom stereocenters. The van der Waals surface area contributed by atoms with Crippen molar-refractivity contribution in [3.05, 3.63) is 109 Å². The lowest BCUT2D eigenvalue weighted by Crippen LogP contribution is -2.71. The maximum absolute atomic E-state index is 13.4. The van der Waals surface area contributed by atoms with Crippen LogP contribution in [0, 0.1) is 0 Å². The summed E-state index contributed by atoms with van der Waals surface area (Å²) in [5, 5.41) is 11.8. The van der Waals surface area contributed by atoms with Crippen molar-refractivity contribution < 1.29 is 14.6 Å². The minimum Gasteiger partial charge on any atom is -0.497 e. The summed E-state index contributed by atoms with van der Waals surface area (Å²) >= 11 is 0. The molecule has 1 aliphatic rings. The number of ether oxygens (including phenoxy) is 1. The van der Waals surface area contributed by atoms with Crippen molar-refractivity contribution in [3.63, 3.8) is 0 Å². The number of rotatable bonds is 6. The van der Waals surface area contributed by atoms with Crippen LogP contribution in [0.3, 0.4) is 0 Å². The summed E-state index contributed by atoms with van der Waals surface area (Å²) in [5.41, 5.74) is 0.816. The first-order valence-electron chi connectivity index (χ1n) is 9.53. The van der Waals surface area contributed by atoms with Gasteiger partial charge in [0.1, 0.15) is 11.8 Å². The van der Waals surface area contributed by atoms with Crippen LogP contribution in [0.2, 0.25) is 0 Å². The third-order valence-electron chi connectivity index (χ3n) is 5.57. The second-order valence-electron chi connectivity index (χ2n) is 7.14. The van der Waals surface area contributed by atoms with Crippen molar-refractivity contribution in [3.8, 4) is 5.75 Å². The summed E-state index contributed by atoms with van der Waals surface area (Å²) < 4.78 is 5.23. The van der Waals surface area contributed by atoms with E-state index in [1.165, 1.54) is 0 Å². The number of amides is 1. The van der Waals surface area contributed by atoms with E-state index < -0.39 is 17.6 Å². The third-order valence-corrected chi connectivity index (χ3v) is 5.57. The van der Waals surface area contributed by atoms with Gasteiger partial charge in [0, 0.05) is 11.6 Å². The quantitative estimate of drug-likeness (QED) is 0.503. The van der Waals surface area contributed by atoms with Gasteiger partial charge in [-0.1, -0.05) is 66.7 Å². The van der Waals surface area contributed by atoms with E-state index in [1.807, 2.05) is 84.9 Å². The molecule has 1 fully saturated rings. The molecule has 0 saturated carbocycles. The van der Waals surface area contributed by atoms with Crippen LogP contribution < -0.4 is 9.64 Å². The maximum Gasteiger partial charge on any atom is 0.263 e. The molecule has 1 aliphatic heterocycles. The molecule has 1 heterocycles. The van der Waals surface area contributed by atoms with Crippen LogP contribution in [0.1, 0.15) is 23.1 Å². The topological polar surface area (TPSA) is 49.8 Å². The third kappa shape index (κ3) is 3.02. The van der Waals surface area contributed by atoms with E-state index in [1.54, 1.807) is 18.1 Å². The van der Waals surface area contributed by atoms with Crippen molar-refractivity contribution in [1.82, 2.24) is 0 Å². The minimum atomic E-state index is -1.62. The Morgan fingerprint density at radius 1 is 1.00 bits per heavy atom. The van der Waals surface area contributed by atoms with Crippen molar-refractivity contribution in [2.75, 3.05) is 12.0 Å². The van der Waals surface area contributed by atoms with Gasteiger partial charge < -0.3 is 9.84 Å². The summed E-state index contributed by atoms with van der Waals surface area (Å²) in [6.45, 7) is 3.92. The second-order valence-corrected chi connectivity index (χ2v) is 7.14. The van der Waals surface area contributed by atoms with Crippen molar-refractivity contribution >= 4 is 11.6 Å². The zero-order valence-corrected chi connectivity index (χ0v) is 16.2. The maximum atomic E-state index is 13.4. The number of carbonyl (C=O) groups excluding carboxylic acids is 1. The van der Waals surface area contributed by atoms with Gasteiger partial charge >= 0.3 is 0 Å². The molecule has 1 saturated heterocycles. The lowest BCUT2D eigenvalue weighted by molar-refractivity contribution is -0.156. The number of benzene rings is 3. The Balaban J connectivity index is 1.81. The summed E-state index contributed by atoms with van der Waals surface area (Å²) in [7, 11) is 1.60.